The first-order valence-electron chi connectivity index (χ1n) is 20.2. The van der Waals surface area contributed by atoms with Crippen LogP contribution in [-0.2, 0) is 80.6 Å². The van der Waals surface area contributed by atoms with Gasteiger partial charge in [-0.1, -0.05) is 0 Å². The number of ether oxygens (including phenoxy) is 16. The van der Waals surface area contributed by atoms with Gasteiger partial charge in [-0.15, -0.1) is 0 Å². The Balaban J connectivity index is 3.10. The van der Waals surface area contributed by atoms with Gasteiger partial charge < -0.3 is 86.2 Å². The Bertz CT molecular complexity index is 855. The summed E-state index contributed by atoms with van der Waals surface area (Å²) < 4.78 is 86.5. The fraction of sp³-hybridized carbons (Fsp3) is 0.947. The number of aliphatic carboxylic acids is 1. The van der Waals surface area contributed by atoms with Crippen molar-refractivity contribution in [1.29, 1.82) is 0 Å². The predicted molar refractivity (Wildman–Crippen MR) is 209 cm³/mol. The Morgan fingerprint density at radius 1 is 0.345 bits per heavy atom. The van der Waals surface area contributed by atoms with Crippen molar-refractivity contribution in [2.24, 2.45) is 0 Å². The van der Waals surface area contributed by atoms with Gasteiger partial charge in [0.15, 0.2) is 0 Å². The maximum absolute atomic E-state index is 11.5. The number of alkyl carbamates (subject to hydrolysis) is 1. The minimum absolute atomic E-state index is 0.00795. The molecular formula is C38H75NO19. The Morgan fingerprint density at radius 2 is 0.534 bits per heavy atom. The third-order valence-electron chi connectivity index (χ3n) is 6.58. The lowest BCUT2D eigenvalue weighted by Crippen LogP contribution is -2.34. The average Bonchev–Trinajstić information content (AvgIpc) is 3.18. The SMILES string of the molecule is CC(C)(C)OC(=O)NCCOCCOCCOCCOCCOCCOCCOCCOCCOCCOCCOCCOCCOCCOCCOCCC(=O)O. The van der Waals surface area contributed by atoms with E-state index >= 15 is 0 Å². The van der Waals surface area contributed by atoms with Crippen molar-refractivity contribution in [3.63, 3.8) is 0 Å². The van der Waals surface area contributed by atoms with Gasteiger partial charge in [0.25, 0.3) is 0 Å². The van der Waals surface area contributed by atoms with E-state index in [1.807, 2.05) is 20.8 Å². The zero-order valence-electron chi connectivity index (χ0n) is 35.4. The summed E-state index contributed by atoms with van der Waals surface area (Å²) >= 11 is 0. The summed E-state index contributed by atoms with van der Waals surface area (Å²) in [4.78, 5) is 21.9. The molecule has 0 aliphatic heterocycles. The lowest BCUT2D eigenvalue weighted by molar-refractivity contribution is -0.138. The van der Waals surface area contributed by atoms with Gasteiger partial charge in [0.05, 0.1) is 205 Å². The molecule has 58 heavy (non-hydrogen) atoms. The molecule has 0 saturated carbocycles. The Labute approximate surface area is 345 Å². The Hall–Kier alpha value is -1.86. The van der Waals surface area contributed by atoms with Crippen molar-refractivity contribution in [3.05, 3.63) is 0 Å². The quantitative estimate of drug-likeness (QED) is 0.0824. The fourth-order valence-corrected chi connectivity index (χ4v) is 3.88. The average molecular weight is 850 g/mol. The molecule has 2 N–H and O–H groups in total. The van der Waals surface area contributed by atoms with Gasteiger partial charge in [0, 0.05) is 6.54 Å². The zero-order valence-corrected chi connectivity index (χ0v) is 35.4. The maximum Gasteiger partial charge on any atom is 0.407 e. The van der Waals surface area contributed by atoms with Crippen LogP contribution in [0.2, 0.25) is 0 Å². The molecule has 20 heteroatoms. The van der Waals surface area contributed by atoms with E-state index in [9.17, 15) is 9.59 Å². The standard InChI is InChI=1S/C38H75NO19/c1-38(2,3)58-37(42)39-5-7-44-9-11-46-13-15-48-17-19-50-21-23-52-25-27-54-29-31-56-33-35-57-34-32-55-30-28-53-26-24-51-22-20-49-18-16-47-14-12-45-10-8-43-6-4-36(40)41/h4-35H2,1-3H3,(H,39,42)(H,40,41). The number of amides is 1. The molecule has 0 aromatic heterocycles. The monoisotopic (exact) mass is 849 g/mol. The zero-order chi connectivity index (χ0) is 42.3. The van der Waals surface area contributed by atoms with E-state index in [0.717, 1.165) is 0 Å². The molecule has 0 aromatic rings. The van der Waals surface area contributed by atoms with Crippen LogP contribution in [0.25, 0.3) is 0 Å². The second kappa shape index (κ2) is 46.2. The molecular weight excluding hydrogens is 774 g/mol. The molecule has 0 unspecified atom stereocenters. The van der Waals surface area contributed by atoms with Crippen LogP contribution in [-0.4, -0.2) is 228 Å². The predicted octanol–water partition coefficient (Wildman–Crippen LogP) is 1.23. The number of carbonyl (C=O) groups excluding carboxylic acids is 1. The van der Waals surface area contributed by atoms with Crippen molar-refractivity contribution in [3.8, 4) is 0 Å². The van der Waals surface area contributed by atoms with Crippen LogP contribution < -0.4 is 5.32 Å². The van der Waals surface area contributed by atoms with Crippen LogP contribution in [0.3, 0.4) is 0 Å². The minimum atomic E-state index is -0.879. The molecule has 1 amide bonds. The number of hydrogen-bond acceptors (Lipinski definition) is 18. The van der Waals surface area contributed by atoms with E-state index in [1.165, 1.54) is 0 Å². The topological polar surface area (TPSA) is 214 Å². The fourth-order valence-electron chi connectivity index (χ4n) is 3.88. The van der Waals surface area contributed by atoms with Gasteiger partial charge in [-0.2, -0.15) is 0 Å². The molecule has 0 fully saturated rings. The van der Waals surface area contributed by atoms with Crippen molar-refractivity contribution < 1.29 is 90.5 Å². The van der Waals surface area contributed by atoms with Gasteiger partial charge in [0.1, 0.15) is 5.60 Å². The lowest BCUT2D eigenvalue weighted by Gasteiger charge is -2.19. The van der Waals surface area contributed by atoms with E-state index in [1.54, 1.807) is 0 Å². The lowest BCUT2D eigenvalue weighted by atomic mass is 10.2. The molecule has 0 saturated heterocycles. The highest BCUT2D eigenvalue weighted by molar-refractivity contribution is 5.67. The van der Waals surface area contributed by atoms with Crippen molar-refractivity contribution in [2.45, 2.75) is 32.8 Å². The van der Waals surface area contributed by atoms with Gasteiger partial charge >= 0.3 is 12.1 Å². The third-order valence-corrected chi connectivity index (χ3v) is 6.58. The molecule has 0 radical (unpaired) electrons. The third kappa shape index (κ3) is 52.2. The summed E-state index contributed by atoms with van der Waals surface area (Å²) in [5, 5.41) is 11.1. The number of carboxylic acid groups (broad SMARTS) is 1. The van der Waals surface area contributed by atoms with E-state index in [4.69, 9.17) is 80.9 Å². The van der Waals surface area contributed by atoms with Gasteiger partial charge in [-0.25, -0.2) is 4.79 Å². The van der Waals surface area contributed by atoms with Crippen LogP contribution in [0.4, 0.5) is 4.79 Å². The Morgan fingerprint density at radius 3 is 0.724 bits per heavy atom. The van der Waals surface area contributed by atoms with Crippen molar-refractivity contribution in [2.75, 3.05) is 205 Å². The minimum Gasteiger partial charge on any atom is -0.481 e. The van der Waals surface area contributed by atoms with E-state index < -0.39 is 17.7 Å². The first-order valence-corrected chi connectivity index (χ1v) is 20.2. The van der Waals surface area contributed by atoms with E-state index in [-0.39, 0.29) is 13.0 Å². The first kappa shape index (κ1) is 56.1. The molecule has 0 atom stereocenters. The second-order valence-electron chi connectivity index (χ2n) is 12.8. The molecule has 0 rings (SSSR count). The van der Waals surface area contributed by atoms with Crippen LogP contribution in [0.15, 0.2) is 0 Å². The van der Waals surface area contributed by atoms with Crippen LogP contribution in [0, 0.1) is 0 Å². The number of carboxylic acids is 1. The summed E-state index contributed by atoms with van der Waals surface area (Å²) in [6.07, 6.45) is -0.466. The largest absolute Gasteiger partial charge is 0.481 e. The molecule has 0 aromatic carbocycles. The van der Waals surface area contributed by atoms with Gasteiger partial charge in [-0.05, 0) is 20.8 Å². The molecule has 0 bridgehead atoms. The van der Waals surface area contributed by atoms with Crippen LogP contribution in [0.1, 0.15) is 27.2 Å². The number of carbonyl (C=O) groups is 2. The highest BCUT2D eigenvalue weighted by Crippen LogP contribution is 2.06. The number of hydrogen-bond donors (Lipinski definition) is 2. The number of nitrogens with one attached hydrogen (secondary N) is 1. The molecule has 0 spiro atoms. The summed E-state index contributed by atoms with van der Waals surface area (Å²) in [7, 11) is 0. The second-order valence-corrected chi connectivity index (χ2v) is 12.8. The summed E-state index contributed by atoms with van der Waals surface area (Å²) in [6.45, 7) is 19.4. The summed E-state index contributed by atoms with van der Waals surface area (Å²) in [6, 6.07) is 0. The smallest absolute Gasteiger partial charge is 0.407 e. The molecule has 346 valence electrons. The van der Waals surface area contributed by atoms with Crippen molar-refractivity contribution >= 4 is 12.1 Å². The molecule has 0 heterocycles. The van der Waals surface area contributed by atoms with Crippen LogP contribution >= 0.6 is 0 Å². The van der Waals surface area contributed by atoms with Crippen molar-refractivity contribution in [1.82, 2.24) is 5.32 Å². The molecule has 20 nitrogen and oxygen atoms in total. The van der Waals surface area contributed by atoms with E-state index in [0.29, 0.717) is 198 Å². The van der Waals surface area contributed by atoms with Gasteiger partial charge in [0.2, 0.25) is 0 Å². The highest BCUT2D eigenvalue weighted by Gasteiger charge is 2.15. The normalized spacial score (nSPS) is 11.7. The summed E-state index contributed by atoms with van der Waals surface area (Å²) in [5.74, 6) is -0.879. The maximum atomic E-state index is 11.5. The van der Waals surface area contributed by atoms with Gasteiger partial charge in [-0.3, -0.25) is 4.79 Å². The summed E-state index contributed by atoms with van der Waals surface area (Å²) in [5.41, 5.74) is -0.518. The van der Waals surface area contributed by atoms with E-state index in [2.05, 4.69) is 5.32 Å². The Kier molecular flexibility index (Phi) is 44.7. The highest BCUT2D eigenvalue weighted by atomic mass is 16.6. The van der Waals surface area contributed by atoms with Crippen LogP contribution in [0.5, 0.6) is 0 Å². The molecule has 0 aliphatic rings. The molecule has 0 aliphatic carbocycles. The first-order chi connectivity index (χ1) is 28.3. The number of rotatable bonds is 48.